The van der Waals surface area contributed by atoms with Crippen LogP contribution in [-0.4, -0.2) is 17.1 Å². The summed E-state index contributed by atoms with van der Waals surface area (Å²) in [5.41, 5.74) is 6.25. The highest BCUT2D eigenvalue weighted by Crippen LogP contribution is 2.22. The molecule has 1 unspecified atom stereocenters. The number of halogens is 1. The van der Waals surface area contributed by atoms with Gasteiger partial charge in [-0.15, -0.1) is 12.4 Å². The molecule has 96 valence electrons. The predicted molar refractivity (Wildman–Crippen MR) is 71.4 cm³/mol. The SMILES string of the molecule is CC(C)(C(=O)O)C(N)CCc1ccccc1.Cl. The lowest BCUT2D eigenvalue weighted by Crippen LogP contribution is -2.43. The molecule has 0 spiro atoms. The third-order valence-electron chi connectivity index (χ3n) is 3.07. The van der Waals surface area contributed by atoms with Gasteiger partial charge in [0.15, 0.2) is 0 Å². The molecule has 0 aliphatic carbocycles. The van der Waals surface area contributed by atoms with Gasteiger partial charge in [-0.3, -0.25) is 4.79 Å². The molecule has 3 N–H and O–H groups in total. The van der Waals surface area contributed by atoms with Gasteiger partial charge in [-0.2, -0.15) is 0 Å². The lowest BCUT2D eigenvalue weighted by Gasteiger charge is -2.26. The van der Waals surface area contributed by atoms with Crippen LogP contribution in [0.25, 0.3) is 0 Å². The predicted octanol–water partition coefficient (Wildman–Crippen LogP) is 2.48. The van der Waals surface area contributed by atoms with Crippen molar-refractivity contribution in [3.8, 4) is 0 Å². The number of nitrogens with two attached hydrogens (primary N) is 1. The normalized spacial score (nSPS) is 12.6. The maximum absolute atomic E-state index is 11.0. The second-order valence-electron chi connectivity index (χ2n) is 4.66. The molecule has 0 bridgehead atoms. The average Bonchev–Trinajstić information content (AvgIpc) is 2.27. The molecule has 0 amide bonds. The van der Waals surface area contributed by atoms with E-state index < -0.39 is 11.4 Å². The molecule has 1 rings (SSSR count). The van der Waals surface area contributed by atoms with Crippen LogP contribution in [0.2, 0.25) is 0 Å². The summed E-state index contributed by atoms with van der Waals surface area (Å²) in [4.78, 5) is 11.0. The summed E-state index contributed by atoms with van der Waals surface area (Å²) in [6.07, 6.45) is 1.50. The van der Waals surface area contributed by atoms with Gasteiger partial charge in [0.2, 0.25) is 0 Å². The van der Waals surface area contributed by atoms with Crippen molar-refractivity contribution in [1.82, 2.24) is 0 Å². The Hall–Kier alpha value is -1.06. The maximum atomic E-state index is 11.0. The van der Waals surface area contributed by atoms with Crippen molar-refractivity contribution in [3.63, 3.8) is 0 Å². The smallest absolute Gasteiger partial charge is 0.310 e. The van der Waals surface area contributed by atoms with E-state index in [1.54, 1.807) is 13.8 Å². The van der Waals surface area contributed by atoms with Gasteiger partial charge in [0, 0.05) is 6.04 Å². The first-order chi connectivity index (χ1) is 7.44. The number of carboxylic acids is 1. The number of hydrogen-bond donors (Lipinski definition) is 2. The van der Waals surface area contributed by atoms with E-state index in [9.17, 15) is 4.79 Å². The molecule has 0 radical (unpaired) electrons. The van der Waals surface area contributed by atoms with Gasteiger partial charge in [0.1, 0.15) is 0 Å². The summed E-state index contributed by atoms with van der Waals surface area (Å²) < 4.78 is 0. The number of aliphatic carboxylic acids is 1. The van der Waals surface area contributed by atoms with Crippen LogP contribution in [0, 0.1) is 5.41 Å². The first kappa shape index (κ1) is 15.9. The van der Waals surface area contributed by atoms with Crippen LogP contribution in [0.5, 0.6) is 0 Å². The molecule has 1 atom stereocenters. The van der Waals surface area contributed by atoms with Crippen molar-refractivity contribution in [2.75, 3.05) is 0 Å². The molecule has 4 heteroatoms. The van der Waals surface area contributed by atoms with Gasteiger partial charge in [-0.05, 0) is 32.3 Å². The Morgan fingerprint density at radius 1 is 1.35 bits per heavy atom. The molecule has 0 heterocycles. The third-order valence-corrected chi connectivity index (χ3v) is 3.07. The summed E-state index contributed by atoms with van der Waals surface area (Å²) in [6.45, 7) is 3.34. The lowest BCUT2D eigenvalue weighted by atomic mass is 9.82. The zero-order valence-electron chi connectivity index (χ0n) is 10.2. The van der Waals surface area contributed by atoms with E-state index >= 15 is 0 Å². The highest BCUT2D eigenvalue weighted by atomic mass is 35.5. The van der Waals surface area contributed by atoms with E-state index in [0.29, 0.717) is 6.42 Å². The Labute approximate surface area is 108 Å². The highest BCUT2D eigenvalue weighted by molar-refractivity contribution is 5.85. The van der Waals surface area contributed by atoms with Crippen LogP contribution in [0.4, 0.5) is 0 Å². The molecular formula is C13H20ClNO2. The zero-order valence-corrected chi connectivity index (χ0v) is 11.0. The van der Waals surface area contributed by atoms with Crippen LogP contribution in [0.3, 0.4) is 0 Å². The van der Waals surface area contributed by atoms with Gasteiger partial charge >= 0.3 is 5.97 Å². The first-order valence-electron chi connectivity index (χ1n) is 5.47. The fraction of sp³-hybridized carbons (Fsp3) is 0.462. The summed E-state index contributed by atoms with van der Waals surface area (Å²) in [7, 11) is 0. The molecule has 17 heavy (non-hydrogen) atoms. The minimum absolute atomic E-state index is 0. The fourth-order valence-corrected chi connectivity index (χ4v) is 1.49. The minimum atomic E-state index is -0.866. The molecule has 0 aliphatic rings. The molecule has 3 nitrogen and oxygen atoms in total. The molecule has 1 aromatic carbocycles. The molecule has 0 aliphatic heterocycles. The van der Waals surface area contributed by atoms with Crippen LogP contribution >= 0.6 is 12.4 Å². The largest absolute Gasteiger partial charge is 0.481 e. The minimum Gasteiger partial charge on any atom is -0.481 e. The summed E-state index contributed by atoms with van der Waals surface area (Å²) in [6, 6.07) is 9.64. The van der Waals surface area contributed by atoms with E-state index in [2.05, 4.69) is 0 Å². The number of benzene rings is 1. The first-order valence-corrected chi connectivity index (χ1v) is 5.47. The number of hydrogen-bond acceptors (Lipinski definition) is 2. The third kappa shape index (κ3) is 4.36. The van der Waals surface area contributed by atoms with Crippen molar-refractivity contribution in [3.05, 3.63) is 35.9 Å². The maximum Gasteiger partial charge on any atom is 0.310 e. The summed E-state index contributed by atoms with van der Waals surface area (Å²) in [5.74, 6) is -0.840. The van der Waals surface area contributed by atoms with Crippen LogP contribution in [-0.2, 0) is 11.2 Å². The number of rotatable bonds is 5. The van der Waals surface area contributed by atoms with Crippen LogP contribution in [0.15, 0.2) is 30.3 Å². The molecular weight excluding hydrogens is 238 g/mol. The van der Waals surface area contributed by atoms with Gasteiger partial charge in [-0.1, -0.05) is 30.3 Å². The van der Waals surface area contributed by atoms with Crippen molar-refractivity contribution in [2.24, 2.45) is 11.1 Å². The van der Waals surface area contributed by atoms with Gasteiger partial charge < -0.3 is 10.8 Å². The highest BCUT2D eigenvalue weighted by Gasteiger charge is 2.33. The molecule has 1 aromatic rings. The van der Waals surface area contributed by atoms with E-state index in [-0.39, 0.29) is 18.4 Å². The van der Waals surface area contributed by atoms with E-state index in [1.165, 1.54) is 5.56 Å². The van der Waals surface area contributed by atoms with Crippen molar-refractivity contribution in [2.45, 2.75) is 32.7 Å². The Bertz CT molecular complexity index is 352. The van der Waals surface area contributed by atoms with E-state index in [4.69, 9.17) is 10.8 Å². The number of carbonyl (C=O) groups is 1. The van der Waals surface area contributed by atoms with Crippen LogP contribution in [0.1, 0.15) is 25.8 Å². The quantitative estimate of drug-likeness (QED) is 0.852. The van der Waals surface area contributed by atoms with E-state index in [0.717, 1.165) is 6.42 Å². The molecule has 0 saturated carbocycles. The Balaban J connectivity index is 0.00000256. The van der Waals surface area contributed by atoms with Gasteiger partial charge in [-0.25, -0.2) is 0 Å². The van der Waals surface area contributed by atoms with Crippen molar-refractivity contribution < 1.29 is 9.90 Å². The van der Waals surface area contributed by atoms with Crippen molar-refractivity contribution >= 4 is 18.4 Å². The second-order valence-corrected chi connectivity index (χ2v) is 4.66. The Morgan fingerprint density at radius 2 is 1.88 bits per heavy atom. The molecule has 0 aromatic heterocycles. The molecule has 0 fully saturated rings. The second kappa shape index (κ2) is 6.62. The van der Waals surface area contributed by atoms with Crippen LogP contribution < -0.4 is 5.73 Å². The lowest BCUT2D eigenvalue weighted by molar-refractivity contribution is -0.148. The standard InChI is InChI=1S/C13H19NO2.ClH/c1-13(2,12(15)16)11(14)9-8-10-6-4-3-5-7-10;/h3-7,11H,8-9,14H2,1-2H3,(H,15,16);1H. The zero-order chi connectivity index (χ0) is 12.2. The van der Waals surface area contributed by atoms with E-state index in [1.807, 2.05) is 30.3 Å². The Morgan fingerprint density at radius 3 is 2.35 bits per heavy atom. The topological polar surface area (TPSA) is 63.3 Å². The monoisotopic (exact) mass is 257 g/mol. The van der Waals surface area contributed by atoms with Gasteiger partial charge in [0.25, 0.3) is 0 Å². The molecule has 0 saturated heterocycles. The van der Waals surface area contributed by atoms with Gasteiger partial charge in [0.05, 0.1) is 5.41 Å². The average molecular weight is 258 g/mol. The fourth-order valence-electron chi connectivity index (χ4n) is 1.49. The summed E-state index contributed by atoms with van der Waals surface area (Å²) >= 11 is 0. The summed E-state index contributed by atoms with van der Waals surface area (Å²) in [5, 5.41) is 9.03. The van der Waals surface area contributed by atoms with Crippen molar-refractivity contribution in [1.29, 1.82) is 0 Å². The Kier molecular flexibility index (Phi) is 6.21. The number of carboxylic acid groups (broad SMARTS) is 1. The number of aryl methyl sites for hydroxylation is 1.